The van der Waals surface area contributed by atoms with Gasteiger partial charge in [-0.2, -0.15) is 13.2 Å². The van der Waals surface area contributed by atoms with Gasteiger partial charge < -0.3 is 4.74 Å². The van der Waals surface area contributed by atoms with E-state index in [0.717, 1.165) is 12.1 Å². The zero-order valence-corrected chi connectivity index (χ0v) is 9.31. The predicted octanol–water partition coefficient (Wildman–Crippen LogP) is 3.49. The van der Waals surface area contributed by atoms with Crippen LogP contribution < -0.4 is 5.32 Å². The first-order valence-corrected chi connectivity index (χ1v) is 5.14. The Bertz CT molecular complexity index is 395. The number of carbonyl (C=O) groups is 1. The summed E-state index contributed by atoms with van der Waals surface area (Å²) in [7, 11) is 0. The Morgan fingerprint density at radius 1 is 1.35 bits per heavy atom. The van der Waals surface area contributed by atoms with Crippen molar-refractivity contribution in [3.8, 4) is 0 Å². The number of anilines is 1. The Kier molecular flexibility index (Phi) is 4.62. The van der Waals surface area contributed by atoms with Crippen LogP contribution in [0.2, 0.25) is 0 Å². The van der Waals surface area contributed by atoms with Crippen molar-refractivity contribution in [3.05, 3.63) is 29.8 Å². The van der Waals surface area contributed by atoms with E-state index >= 15 is 0 Å². The lowest BCUT2D eigenvalue weighted by molar-refractivity contribution is -0.136. The van der Waals surface area contributed by atoms with Gasteiger partial charge >= 0.3 is 12.3 Å². The highest BCUT2D eigenvalue weighted by molar-refractivity contribution is 6.18. The van der Waals surface area contributed by atoms with Gasteiger partial charge in [0.15, 0.2) is 0 Å². The summed E-state index contributed by atoms with van der Waals surface area (Å²) in [6.45, 7) is -0.0679. The Balaban J connectivity index is 2.81. The Labute approximate surface area is 101 Å². The molecule has 0 aromatic heterocycles. The van der Waals surface area contributed by atoms with E-state index in [2.05, 4.69) is 4.74 Å². The molecule has 0 atom stereocenters. The summed E-state index contributed by atoms with van der Waals surface area (Å²) in [4.78, 5) is 11.1. The Morgan fingerprint density at radius 2 is 2.00 bits per heavy atom. The van der Waals surface area contributed by atoms with Gasteiger partial charge in [0.2, 0.25) is 0 Å². The number of hydrogen-bond donors (Lipinski definition) is 1. The van der Waals surface area contributed by atoms with Crippen molar-refractivity contribution in [1.82, 2.24) is 0 Å². The molecule has 0 saturated carbocycles. The fourth-order valence-corrected chi connectivity index (χ4v) is 1.19. The SMILES string of the molecule is O=C(Nc1ccccc1C(F)(F)F)OCCCl. The molecule has 1 rings (SSSR count). The third kappa shape index (κ3) is 4.14. The molecule has 0 aliphatic carbocycles. The highest BCUT2D eigenvalue weighted by Gasteiger charge is 2.33. The maximum Gasteiger partial charge on any atom is 0.418 e. The van der Waals surface area contributed by atoms with E-state index in [4.69, 9.17) is 11.6 Å². The largest absolute Gasteiger partial charge is 0.448 e. The molecule has 0 fully saturated rings. The number of rotatable bonds is 3. The molecular weight excluding hydrogens is 259 g/mol. The van der Waals surface area contributed by atoms with E-state index in [9.17, 15) is 18.0 Å². The molecule has 0 spiro atoms. The second kappa shape index (κ2) is 5.77. The molecule has 1 amide bonds. The number of nitrogens with one attached hydrogen (secondary N) is 1. The topological polar surface area (TPSA) is 38.3 Å². The number of para-hydroxylation sites is 1. The minimum atomic E-state index is -4.53. The van der Waals surface area contributed by atoms with Gasteiger partial charge in [0.05, 0.1) is 17.1 Å². The van der Waals surface area contributed by atoms with Crippen molar-refractivity contribution >= 4 is 23.4 Å². The summed E-state index contributed by atoms with van der Waals surface area (Å²) in [6.07, 6.45) is -5.50. The minimum absolute atomic E-state index is 0.0679. The first-order chi connectivity index (χ1) is 7.95. The maximum absolute atomic E-state index is 12.5. The lowest BCUT2D eigenvalue weighted by Gasteiger charge is -2.13. The molecule has 7 heteroatoms. The van der Waals surface area contributed by atoms with Gasteiger partial charge in [0.25, 0.3) is 0 Å². The number of alkyl halides is 4. The number of benzene rings is 1. The van der Waals surface area contributed by atoms with Crippen LogP contribution in [0.3, 0.4) is 0 Å². The van der Waals surface area contributed by atoms with Crippen molar-refractivity contribution in [2.45, 2.75) is 6.18 Å². The van der Waals surface area contributed by atoms with Gasteiger partial charge in [0, 0.05) is 0 Å². The third-order valence-electron chi connectivity index (χ3n) is 1.78. The van der Waals surface area contributed by atoms with Crippen LogP contribution in [0.15, 0.2) is 24.3 Å². The van der Waals surface area contributed by atoms with Crippen molar-refractivity contribution < 1.29 is 22.7 Å². The lowest BCUT2D eigenvalue weighted by atomic mass is 10.2. The lowest BCUT2D eigenvalue weighted by Crippen LogP contribution is -2.18. The molecule has 0 heterocycles. The van der Waals surface area contributed by atoms with E-state index < -0.39 is 17.8 Å². The number of hydrogen-bond acceptors (Lipinski definition) is 2. The molecule has 0 saturated heterocycles. The van der Waals surface area contributed by atoms with Gasteiger partial charge in [-0.25, -0.2) is 4.79 Å². The second-order valence-electron chi connectivity index (χ2n) is 2.99. The number of carbonyl (C=O) groups excluding carboxylic acids is 1. The number of amides is 1. The van der Waals surface area contributed by atoms with Crippen LogP contribution in [-0.2, 0) is 10.9 Å². The summed E-state index contributed by atoms with van der Waals surface area (Å²) in [5.74, 6) is 0.0777. The molecule has 94 valence electrons. The summed E-state index contributed by atoms with van der Waals surface area (Å²) >= 11 is 5.27. The summed E-state index contributed by atoms with van der Waals surface area (Å²) in [6, 6.07) is 4.63. The highest BCUT2D eigenvalue weighted by atomic mass is 35.5. The minimum Gasteiger partial charge on any atom is -0.448 e. The molecule has 0 unspecified atom stereocenters. The van der Waals surface area contributed by atoms with E-state index in [-0.39, 0.29) is 18.2 Å². The van der Waals surface area contributed by atoms with Crippen LogP contribution in [0.1, 0.15) is 5.56 Å². The summed E-state index contributed by atoms with van der Waals surface area (Å²) in [5, 5.41) is 2.01. The van der Waals surface area contributed by atoms with Crippen molar-refractivity contribution in [3.63, 3.8) is 0 Å². The molecule has 0 aliphatic rings. The molecular formula is C10H9ClF3NO2. The standard InChI is InChI=1S/C10H9ClF3NO2/c11-5-6-17-9(16)15-8-4-2-1-3-7(8)10(12,13)14/h1-4H,5-6H2,(H,15,16). The molecule has 1 N–H and O–H groups in total. The van der Waals surface area contributed by atoms with E-state index in [1.165, 1.54) is 12.1 Å². The number of halogens is 4. The molecule has 17 heavy (non-hydrogen) atoms. The third-order valence-corrected chi connectivity index (χ3v) is 1.93. The van der Waals surface area contributed by atoms with E-state index in [1.807, 2.05) is 5.32 Å². The Hall–Kier alpha value is -1.43. The average molecular weight is 268 g/mol. The summed E-state index contributed by atoms with van der Waals surface area (Å²) < 4.78 is 42.1. The van der Waals surface area contributed by atoms with Gasteiger partial charge in [-0.1, -0.05) is 12.1 Å². The van der Waals surface area contributed by atoms with Crippen LogP contribution in [0.25, 0.3) is 0 Å². The van der Waals surface area contributed by atoms with Crippen LogP contribution in [0.4, 0.5) is 23.7 Å². The fraction of sp³-hybridized carbons (Fsp3) is 0.300. The molecule has 3 nitrogen and oxygen atoms in total. The monoisotopic (exact) mass is 267 g/mol. The van der Waals surface area contributed by atoms with Gasteiger partial charge in [0.1, 0.15) is 6.61 Å². The fourth-order valence-electron chi connectivity index (χ4n) is 1.12. The molecule has 0 bridgehead atoms. The number of ether oxygens (including phenoxy) is 1. The normalized spacial score (nSPS) is 11.1. The molecule has 0 radical (unpaired) electrons. The smallest absolute Gasteiger partial charge is 0.418 e. The zero-order chi connectivity index (χ0) is 12.9. The van der Waals surface area contributed by atoms with Crippen molar-refractivity contribution in [2.75, 3.05) is 17.8 Å². The van der Waals surface area contributed by atoms with Crippen molar-refractivity contribution in [2.24, 2.45) is 0 Å². The van der Waals surface area contributed by atoms with E-state index in [0.29, 0.717) is 0 Å². The quantitative estimate of drug-likeness (QED) is 0.852. The first-order valence-electron chi connectivity index (χ1n) is 4.61. The summed E-state index contributed by atoms with van der Waals surface area (Å²) in [5.41, 5.74) is -1.28. The van der Waals surface area contributed by atoms with Gasteiger partial charge in [-0.15, -0.1) is 11.6 Å². The maximum atomic E-state index is 12.5. The van der Waals surface area contributed by atoms with Gasteiger partial charge in [-0.05, 0) is 12.1 Å². The molecule has 0 aliphatic heterocycles. The predicted molar refractivity (Wildman–Crippen MR) is 57.1 cm³/mol. The Morgan fingerprint density at radius 3 is 2.59 bits per heavy atom. The second-order valence-corrected chi connectivity index (χ2v) is 3.37. The van der Waals surface area contributed by atoms with Crippen molar-refractivity contribution in [1.29, 1.82) is 0 Å². The van der Waals surface area contributed by atoms with Crippen LogP contribution in [0, 0.1) is 0 Å². The van der Waals surface area contributed by atoms with Gasteiger partial charge in [-0.3, -0.25) is 5.32 Å². The van der Waals surface area contributed by atoms with E-state index in [1.54, 1.807) is 0 Å². The van der Waals surface area contributed by atoms with Crippen LogP contribution in [-0.4, -0.2) is 18.6 Å². The molecule has 1 aromatic rings. The first kappa shape index (κ1) is 13.6. The highest BCUT2D eigenvalue weighted by Crippen LogP contribution is 2.34. The average Bonchev–Trinajstić information content (AvgIpc) is 2.25. The van der Waals surface area contributed by atoms with Crippen LogP contribution in [0.5, 0.6) is 0 Å². The zero-order valence-electron chi connectivity index (χ0n) is 8.55. The van der Waals surface area contributed by atoms with Crippen LogP contribution >= 0.6 is 11.6 Å². The molecule has 1 aromatic carbocycles.